The Hall–Kier alpha value is -3.19. The Labute approximate surface area is 173 Å². The van der Waals surface area contributed by atoms with Gasteiger partial charge in [-0.25, -0.2) is 0 Å². The minimum Gasteiger partial charge on any atom is -0.497 e. The Bertz CT molecular complexity index is 985. The van der Waals surface area contributed by atoms with Crippen LogP contribution in [0.1, 0.15) is 10.4 Å². The number of methoxy groups -OCH3 is 1. The average molecular weight is 407 g/mol. The molecular formula is C22H21N3O3S. The van der Waals surface area contributed by atoms with Crippen molar-refractivity contribution < 1.29 is 14.3 Å². The first-order valence-corrected chi connectivity index (χ1v) is 10.4. The summed E-state index contributed by atoms with van der Waals surface area (Å²) in [7, 11) is 1.60. The summed E-state index contributed by atoms with van der Waals surface area (Å²) in [5, 5.41) is 2.89. The van der Waals surface area contributed by atoms with E-state index in [-0.39, 0.29) is 11.8 Å². The molecule has 29 heavy (non-hydrogen) atoms. The van der Waals surface area contributed by atoms with Gasteiger partial charge in [-0.05, 0) is 60.7 Å². The number of carbonyl (C=O) groups excluding carboxylic acids is 2. The lowest BCUT2D eigenvalue weighted by molar-refractivity contribution is -0.119. The highest BCUT2D eigenvalue weighted by Crippen LogP contribution is 2.25. The highest BCUT2D eigenvalue weighted by atomic mass is 32.2. The van der Waals surface area contributed by atoms with Crippen LogP contribution in [0, 0.1) is 0 Å². The molecule has 1 aliphatic heterocycles. The number of benzene rings is 2. The zero-order chi connectivity index (χ0) is 20.2. The monoisotopic (exact) mass is 407 g/mol. The van der Waals surface area contributed by atoms with Gasteiger partial charge >= 0.3 is 0 Å². The van der Waals surface area contributed by atoms with Gasteiger partial charge in [0.15, 0.2) is 0 Å². The summed E-state index contributed by atoms with van der Waals surface area (Å²) in [6, 6.07) is 18.0. The molecule has 6 nitrogen and oxygen atoms in total. The van der Waals surface area contributed by atoms with Gasteiger partial charge in [-0.2, -0.15) is 0 Å². The molecule has 0 bridgehead atoms. The second-order valence-corrected chi connectivity index (χ2v) is 7.65. The predicted molar refractivity (Wildman–Crippen MR) is 115 cm³/mol. The smallest absolute Gasteiger partial charge is 0.255 e. The van der Waals surface area contributed by atoms with Crippen molar-refractivity contribution in [3.05, 3.63) is 78.6 Å². The van der Waals surface area contributed by atoms with E-state index in [0.29, 0.717) is 22.9 Å². The van der Waals surface area contributed by atoms with Crippen LogP contribution >= 0.6 is 11.8 Å². The number of thioether (sulfide) groups is 1. The first-order chi connectivity index (χ1) is 14.2. The van der Waals surface area contributed by atoms with E-state index in [1.165, 1.54) is 0 Å². The fourth-order valence-electron chi connectivity index (χ4n) is 3.21. The molecule has 148 valence electrons. The Morgan fingerprint density at radius 1 is 1.03 bits per heavy atom. The molecule has 2 amide bonds. The summed E-state index contributed by atoms with van der Waals surface area (Å²) in [6.07, 6.45) is 3.90. The highest BCUT2D eigenvalue weighted by Gasteiger charge is 2.35. The minimum absolute atomic E-state index is 0.135. The van der Waals surface area contributed by atoms with Gasteiger partial charge in [-0.1, -0.05) is 0 Å². The Morgan fingerprint density at radius 3 is 2.38 bits per heavy atom. The van der Waals surface area contributed by atoms with Gasteiger partial charge < -0.3 is 19.5 Å². The van der Waals surface area contributed by atoms with E-state index in [4.69, 9.17) is 4.74 Å². The number of aromatic nitrogens is 1. The fourth-order valence-corrected chi connectivity index (χ4v) is 4.36. The number of carbonyl (C=O) groups is 2. The van der Waals surface area contributed by atoms with Gasteiger partial charge in [-0.3, -0.25) is 9.59 Å². The lowest BCUT2D eigenvalue weighted by Crippen LogP contribution is -2.44. The maximum absolute atomic E-state index is 13.0. The van der Waals surface area contributed by atoms with Crippen molar-refractivity contribution >= 4 is 29.3 Å². The molecule has 3 aromatic rings. The van der Waals surface area contributed by atoms with E-state index < -0.39 is 6.04 Å². The molecule has 1 aromatic heterocycles. The summed E-state index contributed by atoms with van der Waals surface area (Å²) in [6.45, 7) is 0. The third-order valence-electron chi connectivity index (χ3n) is 4.82. The van der Waals surface area contributed by atoms with E-state index in [1.807, 2.05) is 41.2 Å². The van der Waals surface area contributed by atoms with Crippen LogP contribution in [0.5, 0.6) is 5.75 Å². The Morgan fingerprint density at radius 2 is 1.72 bits per heavy atom. The fraction of sp³-hybridized carbons (Fsp3) is 0.182. The quantitative estimate of drug-likeness (QED) is 0.701. The standard InChI is InChI=1S/C22H21N3O3S/c1-28-19-10-6-17(7-11-19)23-21(26)20-14-29-15-25(20)22(27)16-4-8-18(9-5-16)24-12-2-3-13-24/h2-13,20H,14-15H2,1H3,(H,23,26). The van der Waals surface area contributed by atoms with Gasteiger partial charge in [0.1, 0.15) is 11.8 Å². The van der Waals surface area contributed by atoms with Gasteiger partial charge in [-0.15, -0.1) is 11.8 Å². The second kappa shape index (κ2) is 8.45. The number of amides is 2. The SMILES string of the molecule is COc1ccc(NC(=O)C2CSCN2C(=O)c2ccc(-n3cccc3)cc2)cc1. The van der Waals surface area contributed by atoms with Crippen LogP contribution in [0.15, 0.2) is 73.1 Å². The molecule has 2 heterocycles. The van der Waals surface area contributed by atoms with Gasteiger partial charge in [0.2, 0.25) is 5.91 Å². The predicted octanol–water partition coefficient (Wildman–Crippen LogP) is 3.64. The van der Waals surface area contributed by atoms with E-state index in [9.17, 15) is 9.59 Å². The summed E-state index contributed by atoms with van der Waals surface area (Å²) in [4.78, 5) is 27.4. The number of hydrogen-bond acceptors (Lipinski definition) is 4. The molecule has 0 spiro atoms. The molecule has 1 aliphatic rings. The molecular weight excluding hydrogens is 386 g/mol. The van der Waals surface area contributed by atoms with Crippen molar-refractivity contribution in [2.75, 3.05) is 24.1 Å². The molecule has 7 heteroatoms. The van der Waals surface area contributed by atoms with Crippen molar-refractivity contribution in [3.63, 3.8) is 0 Å². The van der Waals surface area contributed by atoms with E-state index in [2.05, 4.69) is 5.32 Å². The largest absolute Gasteiger partial charge is 0.497 e. The molecule has 0 aliphatic carbocycles. The van der Waals surface area contributed by atoms with Gasteiger partial charge in [0.05, 0.1) is 13.0 Å². The van der Waals surface area contributed by atoms with Crippen molar-refractivity contribution in [1.82, 2.24) is 9.47 Å². The first kappa shape index (κ1) is 19.1. The molecule has 0 radical (unpaired) electrons. The average Bonchev–Trinajstić information content (AvgIpc) is 3.46. The van der Waals surface area contributed by atoms with Crippen molar-refractivity contribution in [3.8, 4) is 11.4 Å². The van der Waals surface area contributed by atoms with Crippen LogP contribution in [0.25, 0.3) is 5.69 Å². The molecule has 1 saturated heterocycles. The third kappa shape index (κ3) is 4.14. The maximum atomic E-state index is 13.0. The van der Waals surface area contributed by atoms with Crippen molar-refractivity contribution in [2.24, 2.45) is 0 Å². The zero-order valence-electron chi connectivity index (χ0n) is 15.9. The van der Waals surface area contributed by atoms with Crippen molar-refractivity contribution in [2.45, 2.75) is 6.04 Å². The van der Waals surface area contributed by atoms with Crippen LogP contribution in [0.2, 0.25) is 0 Å². The van der Waals surface area contributed by atoms with E-state index in [1.54, 1.807) is 60.2 Å². The highest BCUT2D eigenvalue weighted by molar-refractivity contribution is 7.99. The molecule has 1 N–H and O–H groups in total. The first-order valence-electron chi connectivity index (χ1n) is 9.23. The van der Waals surface area contributed by atoms with Gasteiger partial charge in [0.25, 0.3) is 5.91 Å². The number of rotatable bonds is 5. The molecule has 1 fully saturated rings. The lowest BCUT2D eigenvalue weighted by atomic mass is 10.1. The van der Waals surface area contributed by atoms with Crippen LogP contribution in [0.3, 0.4) is 0 Å². The number of hydrogen-bond donors (Lipinski definition) is 1. The molecule has 1 atom stereocenters. The Balaban J connectivity index is 1.45. The molecule has 4 rings (SSSR count). The third-order valence-corrected chi connectivity index (χ3v) is 5.83. The summed E-state index contributed by atoms with van der Waals surface area (Å²) in [5.74, 6) is 1.48. The number of nitrogens with one attached hydrogen (secondary N) is 1. The van der Waals surface area contributed by atoms with E-state index in [0.717, 1.165) is 11.4 Å². The van der Waals surface area contributed by atoms with Gasteiger partial charge in [0, 0.05) is 35.1 Å². The maximum Gasteiger partial charge on any atom is 0.255 e. The molecule has 1 unspecified atom stereocenters. The van der Waals surface area contributed by atoms with Crippen LogP contribution in [0.4, 0.5) is 5.69 Å². The molecule has 2 aromatic carbocycles. The zero-order valence-corrected chi connectivity index (χ0v) is 16.8. The second-order valence-electron chi connectivity index (χ2n) is 6.65. The normalized spacial score (nSPS) is 15.9. The van der Waals surface area contributed by atoms with Crippen LogP contribution < -0.4 is 10.1 Å². The van der Waals surface area contributed by atoms with Crippen molar-refractivity contribution in [1.29, 1.82) is 0 Å². The number of ether oxygens (including phenoxy) is 1. The Kier molecular flexibility index (Phi) is 5.57. The topological polar surface area (TPSA) is 63.6 Å². The lowest BCUT2D eigenvalue weighted by Gasteiger charge is -2.23. The summed E-state index contributed by atoms with van der Waals surface area (Å²) >= 11 is 1.58. The summed E-state index contributed by atoms with van der Waals surface area (Å²) in [5.41, 5.74) is 2.23. The number of nitrogens with zero attached hydrogens (tertiary/aromatic N) is 2. The molecule has 0 saturated carbocycles. The minimum atomic E-state index is -0.501. The van der Waals surface area contributed by atoms with Crippen LogP contribution in [-0.2, 0) is 4.79 Å². The number of anilines is 1. The summed E-state index contributed by atoms with van der Waals surface area (Å²) < 4.78 is 7.11. The van der Waals surface area contributed by atoms with Crippen LogP contribution in [-0.4, -0.2) is 46.1 Å². The van der Waals surface area contributed by atoms with E-state index >= 15 is 0 Å².